The smallest absolute Gasteiger partial charge is 0.267 e. The number of nitrogens with zero attached hydrogens (tertiary/aromatic N) is 1. The molecule has 0 saturated heterocycles. The minimum atomic E-state index is -0.177. The van der Waals surface area contributed by atoms with E-state index in [1.54, 1.807) is 11.7 Å². The van der Waals surface area contributed by atoms with E-state index in [2.05, 4.69) is 22.1 Å². The van der Waals surface area contributed by atoms with Crippen LogP contribution in [0.2, 0.25) is 0 Å². The van der Waals surface area contributed by atoms with E-state index in [0.717, 1.165) is 11.1 Å². The lowest BCUT2D eigenvalue weighted by Gasteiger charge is -2.07. The van der Waals surface area contributed by atoms with Crippen molar-refractivity contribution < 1.29 is 4.79 Å². The zero-order valence-corrected chi connectivity index (χ0v) is 11.3. The van der Waals surface area contributed by atoms with Gasteiger partial charge in [0.25, 0.3) is 5.91 Å². The normalized spacial score (nSPS) is 9.58. The molecule has 5 heteroatoms. The van der Waals surface area contributed by atoms with Crippen LogP contribution in [0.15, 0.2) is 29.9 Å². The fraction of sp³-hybridized carbons (Fsp3) is 0.143. The Labute approximate surface area is 115 Å². The zero-order chi connectivity index (χ0) is 13.7. The summed E-state index contributed by atoms with van der Waals surface area (Å²) in [4.78, 5) is 16.5. The molecule has 0 spiro atoms. The molecule has 1 amide bonds. The lowest BCUT2D eigenvalue weighted by atomic mass is 10.1. The van der Waals surface area contributed by atoms with Gasteiger partial charge < -0.3 is 11.1 Å². The largest absolute Gasteiger partial charge is 0.320 e. The maximum atomic E-state index is 12.0. The predicted molar refractivity (Wildman–Crippen MR) is 77.2 cm³/mol. The first-order chi connectivity index (χ1) is 9.20. The summed E-state index contributed by atoms with van der Waals surface area (Å²) in [5, 5.41) is 2.85. The number of carbonyl (C=O) groups is 1. The third-order valence-electron chi connectivity index (χ3n) is 2.40. The molecule has 0 saturated carbocycles. The summed E-state index contributed by atoms with van der Waals surface area (Å²) in [5.74, 6) is 5.56. The molecule has 19 heavy (non-hydrogen) atoms. The zero-order valence-electron chi connectivity index (χ0n) is 10.4. The second-order valence-electron chi connectivity index (χ2n) is 3.87. The molecule has 0 unspecified atom stereocenters. The second-order valence-corrected chi connectivity index (χ2v) is 4.76. The molecule has 96 valence electrons. The summed E-state index contributed by atoms with van der Waals surface area (Å²) in [7, 11) is 0. The van der Waals surface area contributed by atoms with Gasteiger partial charge in [-0.15, -0.1) is 11.3 Å². The Morgan fingerprint density at radius 2 is 2.37 bits per heavy atom. The number of amides is 1. The van der Waals surface area contributed by atoms with Crippen molar-refractivity contribution in [2.24, 2.45) is 5.73 Å². The molecule has 2 aromatic rings. The molecule has 0 radical (unpaired) electrons. The molecule has 3 N–H and O–H groups in total. The van der Waals surface area contributed by atoms with E-state index in [9.17, 15) is 4.79 Å². The van der Waals surface area contributed by atoms with Gasteiger partial charge in [0.15, 0.2) is 0 Å². The molecule has 0 aliphatic heterocycles. The number of aryl methyl sites for hydroxylation is 1. The standard InChI is InChI=1S/C14H13N3OS/c1-10-4-5-11(3-2-6-15)12(7-10)17-14(18)13-8-16-9-19-13/h4-5,7-9H,6,15H2,1H3,(H,17,18). The van der Waals surface area contributed by atoms with Crippen LogP contribution in [0, 0.1) is 18.8 Å². The fourth-order valence-corrected chi connectivity index (χ4v) is 2.04. The molecule has 0 fully saturated rings. The van der Waals surface area contributed by atoms with Crippen molar-refractivity contribution in [2.75, 3.05) is 11.9 Å². The van der Waals surface area contributed by atoms with Crippen molar-refractivity contribution in [1.82, 2.24) is 4.98 Å². The van der Waals surface area contributed by atoms with E-state index in [4.69, 9.17) is 5.73 Å². The molecule has 1 aromatic carbocycles. The first-order valence-corrected chi connectivity index (χ1v) is 6.58. The Hall–Kier alpha value is -2.16. The SMILES string of the molecule is Cc1ccc(C#CCN)c(NC(=O)c2cncs2)c1. The van der Waals surface area contributed by atoms with E-state index in [-0.39, 0.29) is 12.5 Å². The minimum absolute atomic E-state index is 0.177. The highest BCUT2D eigenvalue weighted by Crippen LogP contribution is 2.18. The molecule has 0 atom stereocenters. The maximum absolute atomic E-state index is 12.0. The third kappa shape index (κ3) is 3.41. The van der Waals surface area contributed by atoms with Crippen molar-refractivity contribution in [3.8, 4) is 11.8 Å². The van der Waals surface area contributed by atoms with E-state index >= 15 is 0 Å². The molecule has 0 bridgehead atoms. The molecule has 1 heterocycles. The lowest BCUT2D eigenvalue weighted by Crippen LogP contribution is -2.11. The van der Waals surface area contributed by atoms with Crippen LogP contribution in [-0.2, 0) is 0 Å². The van der Waals surface area contributed by atoms with Gasteiger partial charge in [-0.25, -0.2) is 0 Å². The predicted octanol–water partition coefficient (Wildman–Crippen LogP) is 2.01. The number of carbonyl (C=O) groups excluding carboxylic acids is 1. The number of anilines is 1. The molecule has 2 rings (SSSR count). The lowest BCUT2D eigenvalue weighted by molar-refractivity contribution is 0.103. The maximum Gasteiger partial charge on any atom is 0.267 e. The van der Waals surface area contributed by atoms with Crippen molar-refractivity contribution in [3.63, 3.8) is 0 Å². The number of hydrogen-bond acceptors (Lipinski definition) is 4. The van der Waals surface area contributed by atoms with Gasteiger partial charge in [-0.3, -0.25) is 9.78 Å². The summed E-state index contributed by atoms with van der Waals surface area (Å²) >= 11 is 1.30. The number of hydrogen-bond donors (Lipinski definition) is 2. The summed E-state index contributed by atoms with van der Waals surface area (Å²) in [6, 6.07) is 5.71. The van der Waals surface area contributed by atoms with Crippen molar-refractivity contribution >= 4 is 22.9 Å². The topological polar surface area (TPSA) is 68.0 Å². The van der Waals surface area contributed by atoms with Crippen molar-refractivity contribution in [3.05, 3.63) is 45.9 Å². The first kappa shape index (κ1) is 13.3. The van der Waals surface area contributed by atoms with Crippen LogP contribution in [0.1, 0.15) is 20.8 Å². The number of nitrogens with one attached hydrogen (secondary N) is 1. The van der Waals surface area contributed by atoms with Gasteiger partial charge in [-0.05, 0) is 24.6 Å². The van der Waals surface area contributed by atoms with E-state index in [1.807, 2.05) is 25.1 Å². The van der Waals surface area contributed by atoms with Crippen LogP contribution >= 0.6 is 11.3 Å². The van der Waals surface area contributed by atoms with Crippen LogP contribution in [0.25, 0.3) is 0 Å². The van der Waals surface area contributed by atoms with Gasteiger partial charge in [0.05, 0.1) is 23.9 Å². The van der Waals surface area contributed by atoms with Crippen molar-refractivity contribution in [2.45, 2.75) is 6.92 Å². The number of nitrogens with two attached hydrogens (primary N) is 1. The van der Waals surface area contributed by atoms with Gasteiger partial charge in [-0.2, -0.15) is 0 Å². The second kappa shape index (κ2) is 6.14. The third-order valence-corrected chi connectivity index (χ3v) is 3.18. The Kier molecular flexibility index (Phi) is 4.29. The highest BCUT2D eigenvalue weighted by molar-refractivity contribution is 7.11. The summed E-state index contributed by atoms with van der Waals surface area (Å²) in [6.45, 7) is 2.25. The van der Waals surface area contributed by atoms with Crippen LogP contribution < -0.4 is 11.1 Å². The van der Waals surface area contributed by atoms with Crippen LogP contribution in [0.5, 0.6) is 0 Å². The van der Waals surface area contributed by atoms with Crippen LogP contribution in [0.4, 0.5) is 5.69 Å². The minimum Gasteiger partial charge on any atom is -0.320 e. The van der Waals surface area contributed by atoms with Gasteiger partial charge in [0.2, 0.25) is 0 Å². The summed E-state index contributed by atoms with van der Waals surface area (Å²) < 4.78 is 0. The average molecular weight is 271 g/mol. The fourth-order valence-electron chi connectivity index (χ4n) is 1.53. The van der Waals surface area contributed by atoms with Gasteiger partial charge in [0, 0.05) is 5.56 Å². The van der Waals surface area contributed by atoms with Crippen molar-refractivity contribution in [1.29, 1.82) is 0 Å². The number of thiazole rings is 1. The Bertz CT molecular complexity index is 638. The Balaban J connectivity index is 2.28. The molecular formula is C14H13N3OS. The van der Waals surface area contributed by atoms with E-state index in [0.29, 0.717) is 10.6 Å². The Morgan fingerprint density at radius 3 is 3.05 bits per heavy atom. The summed E-state index contributed by atoms with van der Waals surface area (Å²) in [5.41, 5.74) is 9.50. The summed E-state index contributed by atoms with van der Waals surface area (Å²) in [6.07, 6.45) is 1.54. The molecule has 1 aromatic heterocycles. The first-order valence-electron chi connectivity index (χ1n) is 5.70. The van der Waals surface area contributed by atoms with Crippen LogP contribution in [0.3, 0.4) is 0 Å². The van der Waals surface area contributed by atoms with E-state index in [1.165, 1.54) is 11.3 Å². The highest BCUT2D eigenvalue weighted by Gasteiger charge is 2.09. The molecule has 0 aliphatic carbocycles. The molecule has 0 aliphatic rings. The van der Waals surface area contributed by atoms with Gasteiger partial charge in [0.1, 0.15) is 4.88 Å². The average Bonchev–Trinajstić information content (AvgIpc) is 2.92. The Morgan fingerprint density at radius 1 is 1.53 bits per heavy atom. The number of rotatable bonds is 2. The number of benzene rings is 1. The van der Waals surface area contributed by atoms with Gasteiger partial charge >= 0.3 is 0 Å². The van der Waals surface area contributed by atoms with Gasteiger partial charge in [-0.1, -0.05) is 17.9 Å². The number of aromatic nitrogens is 1. The highest BCUT2D eigenvalue weighted by atomic mass is 32.1. The van der Waals surface area contributed by atoms with E-state index < -0.39 is 0 Å². The van der Waals surface area contributed by atoms with Crippen LogP contribution in [-0.4, -0.2) is 17.4 Å². The molecular weight excluding hydrogens is 258 g/mol. The molecule has 4 nitrogen and oxygen atoms in total. The monoisotopic (exact) mass is 271 g/mol. The quantitative estimate of drug-likeness (QED) is 0.821.